The molecule has 0 bridgehead atoms. The molecule has 1 N–H and O–H groups in total. The summed E-state index contributed by atoms with van der Waals surface area (Å²) in [5, 5.41) is 11.8. The number of benzene rings is 2. The molecule has 1 saturated heterocycles. The number of hydrogen-bond donors (Lipinski definition) is 1. The van der Waals surface area contributed by atoms with E-state index < -0.39 is 0 Å². The molecule has 3 nitrogen and oxygen atoms in total. The summed E-state index contributed by atoms with van der Waals surface area (Å²) in [6, 6.07) is 18.7. The first-order chi connectivity index (χ1) is 12.5. The molecule has 0 aromatic heterocycles. The van der Waals surface area contributed by atoms with Crippen molar-refractivity contribution >= 4 is 0 Å². The van der Waals surface area contributed by atoms with E-state index in [0.29, 0.717) is 19.1 Å². The lowest BCUT2D eigenvalue weighted by Crippen LogP contribution is -2.52. The molecule has 3 rings (SSSR count). The Kier molecular flexibility index (Phi) is 5.80. The Morgan fingerprint density at radius 1 is 1.23 bits per heavy atom. The van der Waals surface area contributed by atoms with Crippen LogP contribution in [0.2, 0.25) is 0 Å². The predicted molar refractivity (Wildman–Crippen MR) is 105 cm³/mol. The molecule has 1 heterocycles. The lowest BCUT2D eigenvalue weighted by atomic mass is 9.65. The van der Waals surface area contributed by atoms with Gasteiger partial charge in [-0.3, -0.25) is 0 Å². The predicted octanol–water partition coefficient (Wildman–Crippen LogP) is 5.20. The molecule has 0 aliphatic carbocycles. The van der Waals surface area contributed by atoms with Crippen molar-refractivity contribution in [1.82, 2.24) is 5.06 Å². The molecule has 0 radical (unpaired) electrons. The van der Waals surface area contributed by atoms with Crippen molar-refractivity contribution in [2.45, 2.75) is 44.8 Å². The van der Waals surface area contributed by atoms with Crippen molar-refractivity contribution in [1.29, 1.82) is 0 Å². The van der Waals surface area contributed by atoms with Crippen LogP contribution in [0.3, 0.4) is 0 Å². The highest BCUT2D eigenvalue weighted by Crippen LogP contribution is 2.43. The molecule has 2 aromatic carbocycles. The molecule has 26 heavy (non-hydrogen) atoms. The third kappa shape index (κ3) is 3.84. The molecule has 1 aliphatic rings. The van der Waals surface area contributed by atoms with E-state index in [9.17, 15) is 5.21 Å². The molecular formula is C23H29NO2. The van der Waals surface area contributed by atoms with E-state index in [1.54, 1.807) is 0 Å². The molecule has 1 fully saturated rings. The van der Waals surface area contributed by atoms with Gasteiger partial charge in [0.1, 0.15) is 12.4 Å². The zero-order valence-electron chi connectivity index (χ0n) is 15.8. The van der Waals surface area contributed by atoms with Gasteiger partial charge in [-0.15, -0.1) is 6.58 Å². The first kappa shape index (κ1) is 18.7. The topological polar surface area (TPSA) is 32.7 Å². The van der Waals surface area contributed by atoms with Gasteiger partial charge >= 0.3 is 0 Å². The highest BCUT2D eigenvalue weighted by Gasteiger charge is 2.43. The van der Waals surface area contributed by atoms with Gasteiger partial charge in [0.15, 0.2) is 0 Å². The van der Waals surface area contributed by atoms with Gasteiger partial charge in [-0.1, -0.05) is 62.4 Å². The van der Waals surface area contributed by atoms with E-state index in [-0.39, 0.29) is 11.5 Å². The van der Waals surface area contributed by atoms with Crippen molar-refractivity contribution in [3.63, 3.8) is 0 Å². The first-order valence-electron chi connectivity index (χ1n) is 9.38. The fourth-order valence-electron chi connectivity index (χ4n) is 4.01. The zero-order valence-corrected chi connectivity index (χ0v) is 15.8. The van der Waals surface area contributed by atoms with Crippen LogP contribution < -0.4 is 4.74 Å². The Labute approximate surface area is 156 Å². The maximum Gasteiger partial charge on any atom is 0.120 e. The molecule has 3 heteroatoms. The summed E-state index contributed by atoms with van der Waals surface area (Å²) >= 11 is 0. The summed E-state index contributed by atoms with van der Waals surface area (Å²) in [7, 11) is 0. The smallest absolute Gasteiger partial charge is 0.120 e. The molecular weight excluding hydrogens is 322 g/mol. The third-order valence-electron chi connectivity index (χ3n) is 5.98. The normalized spacial score (nSPS) is 26.4. The monoisotopic (exact) mass is 351 g/mol. The van der Waals surface area contributed by atoms with Crippen molar-refractivity contribution in [2.24, 2.45) is 5.92 Å². The summed E-state index contributed by atoms with van der Waals surface area (Å²) in [5.74, 6) is 1.20. The molecule has 138 valence electrons. The summed E-state index contributed by atoms with van der Waals surface area (Å²) in [5.41, 5.74) is 2.44. The van der Waals surface area contributed by atoms with Crippen LogP contribution in [0.5, 0.6) is 5.75 Å². The van der Waals surface area contributed by atoms with Gasteiger partial charge in [0, 0.05) is 12.6 Å². The van der Waals surface area contributed by atoms with Crippen molar-refractivity contribution < 1.29 is 9.94 Å². The highest BCUT2D eigenvalue weighted by atomic mass is 16.5. The number of hydroxylamine groups is 2. The summed E-state index contributed by atoms with van der Waals surface area (Å²) in [6.45, 7) is 9.63. The van der Waals surface area contributed by atoms with Gasteiger partial charge in [0.05, 0.1) is 0 Å². The Bertz CT molecular complexity index is 730. The van der Waals surface area contributed by atoms with Crippen LogP contribution in [0.15, 0.2) is 67.3 Å². The van der Waals surface area contributed by atoms with Crippen LogP contribution >= 0.6 is 0 Å². The number of nitrogens with zero attached hydrogens (tertiary/aromatic N) is 1. The molecule has 1 unspecified atom stereocenters. The minimum absolute atomic E-state index is 0.000969. The highest BCUT2D eigenvalue weighted by molar-refractivity contribution is 5.35. The van der Waals surface area contributed by atoms with E-state index in [0.717, 1.165) is 24.2 Å². The van der Waals surface area contributed by atoms with Gasteiger partial charge in [0.25, 0.3) is 0 Å². The fraction of sp³-hybridized carbons (Fsp3) is 0.391. The molecule has 0 amide bonds. The van der Waals surface area contributed by atoms with E-state index in [4.69, 9.17) is 4.74 Å². The zero-order chi connectivity index (χ0) is 18.6. The average Bonchev–Trinajstić information content (AvgIpc) is 2.68. The van der Waals surface area contributed by atoms with Gasteiger partial charge < -0.3 is 9.94 Å². The molecule has 0 saturated carbocycles. The minimum Gasteiger partial charge on any atom is -0.489 e. The fourth-order valence-corrected chi connectivity index (χ4v) is 4.01. The number of rotatable bonds is 6. The van der Waals surface area contributed by atoms with E-state index in [2.05, 4.69) is 50.8 Å². The summed E-state index contributed by atoms with van der Waals surface area (Å²) in [4.78, 5) is 0. The van der Waals surface area contributed by atoms with Gasteiger partial charge in [-0.05, 0) is 47.4 Å². The molecule has 1 aliphatic heterocycles. The van der Waals surface area contributed by atoms with Crippen LogP contribution in [0, 0.1) is 5.92 Å². The van der Waals surface area contributed by atoms with Crippen molar-refractivity contribution in [3.05, 3.63) is 78.4 Å². The summed E-state index contributed by atoms with van der Waals surface area (Å²) in [6.07, 6.45) is 3.60. The van der Waals surface area contributed by atoms with Gasteiger partial charge in [0.2, 0.25) is 0 Å². The van der Waals surface area contributed by atoms with Crippen LogP contribution in [0.4, 0.5) is 0 Å². The Balaban J connectivity index is 1.78. The quantitative estimate of drug-likeness (QED) is 0.726. The summed E-state index contributed by atoms with van der Waals surface area (Å²) < 4.78 is 6.02. The number of ether oxygens (including phenoxy) is 1. The minimum atomic E-state index is -0.000969. The SMILES string of the molecule is C=CCC1[C@H](C)[C@](C)(c2cccc(OCc3ccccc3)c2)CCN1O. The van der Waals surface area contributed by atoms with E-state index in [1.807, 2.05) is 30.3 Å². The van der Waals surface area contributed by atoms with Crippen molar-refractivity contribution in [3.8, 4) is 5.75 Å². The number of hydrogen-bond acceptors (Lipinski definition) is 3. The molecule has 3 atom stereocenters. The van der Waals surface area contributed by atoms with Crippen molar-refractivity contribution in [2.75, 3.05) is 6.54 Å². The Morgan fingerprint density at radius 3 is 2.73 bits per heavy atom. The second-order valence-electron chi connectivity index (χ2n) is 7.51. The maximum atomic E-state index is 10.3. The standard InChI is InChI=1S/C23H29NO2/c1-4-9-22-18(2)23(3,14-15-24(22)25)20-12-8-13-21(16-20)26-17-19-10-6-5-7-11-19/h4-8,10-13,16,18,22,25H,1,9,14-15,17H2,2-3H3/t18-,22?,23+/m0/s1. The Hall–Kier alpha value is -2.10. The third-order valence-corrected chi connectivity index (χ3v) is 5.98. The number of piperidine rings is 1. The molecule has 0 spiro atoms. The van der Waals surface area contributed by atoms with Gasteiger partial charge in [-0.2, -0.15) is 5.06 Å². The maximum absolute atomic E-state index is 10.3. The van der Waals surface area contributed by atoms with Gasteiger partial charge in [-0.25, -0.2) is 0 Å². The first-order valence-corrected chi connectivity index (χ1v) is 9.38. The largest absolute Gasteiger partial charge is 0.489 e. The second kappa shape index (κ2) is 8.07. The van der Waals surface area contributed by atoms with Crippen LogP contribution in [0.1, 0.15) is 37.8 Å². The van der Waals surface area contributed by atoms with E-state index in [1.165, 1.54) is 10.6 Å². The lowest BCUT2D eigenvalue weighted by molar-refractivity contribution is -0.171. The molecule has 2 aromatic rings. The lowest BCUT2D eigenvalue weighted by Gasteiger charge is -2.48. The van der Waals surface area contributed by atoms with Crippen LogP contribution in [0.25, 0.3) is 0 Å². The Morgan fingerprint density at radius 2 is 2.00 bits per heavy atom. The second-order valence-corrected chi connectivity index (χ2v) is 7.51. The van der Waals surface area contributed by atoms with Crippen LogP contribution in [-0.4, -0.2) is 22.9 Å². The van der Waals surface area contributed by atoms with E-state index >= 15 is 0 Å². The van der Waals surface area contributed by atoms with Crippen LogP contribution in [-0.2, 0) is 12.0 Å². The average molecular weight is 351 g/mol.